The van der Waals surface area contributed by atoms with Crippen LogP contribution in [-0.4, -0.2) is 20.6 Å². The molecule has 1 amide bonds. The molecule has 110 valence electrons. The zero-order valence-corrected chi connectivity index (χ0v) is 12.0. The van der Waals surface area contributed by atoms with Crippen molar-refractivity contribution in [3.63, 3.8) is 0 Å². The number of carbonyl (C=O) groups excluding carboxylic acids is 1. The van der Waals surface area contributed by atoms with E-state index in [-0.39, 0.29) is 11.6 Å². The Morgan fingerprint density at radius 1 is 1.38 bits per heavy atom. The van der Waals surface area contributed by atoms with Gasteiger partial charge >= 0.3 is 5.69 Å². The van der Waals surface area contributed by atoms with E-state index in [0.29, 0.717) is 5.69 Å². The van der Waals surface area contributed by atoms with Gasteiger partial charge in [-0.2, -0.15) is 5.10 Å². The minimum Gasteiger partial charge on any atom is -0.324 e. The molecule has 1 aromatic carbocycles. The highest BCUT2D eigenvalue weighted by Crippen LogP contribution is 2.17. The first-order valence-corrected chi connectivity index (χ1v) is 6.45. The number of nitro groups is 1. The third kappa shape index (κ3) is 3.25. The normalized spacial score (nSPS) is 12.0. The van der Waals surface area contributed by atoms with Gasteiger partial charge in [0.1, 0.15) is 18.4 Å². The summed E-state index contributed by atoms with van der Waals surface area (Å²) in [7, 11) is 0. The van der Waals surface area contributed by atoms with Crippen molar-refractivity contribution < 1.29 is 9.72 Å². The minimum absolute atomic E-state index is 0.138. The number of nitrogens with zero attached hydrogens (tertiary/aromatic N) is 3. The summed E-state index contributed by atoms with van der Waals surface area (Å²) < 4.78 is 1.27. The van der Waals surface area contributed by atoms with Crippen LogP contribution in [-0.2, 0) is 4.79 Å². The Morgan fingerprint density at radius 3 is 2.67 bits per heavy atom. The summed E-state index contributed by atoms with van der Waals surface area (Å²) >= 11 is 0. The van der Waals surface area contributed by atoms with Crippen LogP contribution in [0.15, 0.2) is 30.6 Å². The topological polar surface area (TPSA) is 90.1 Å². The van der Waals surface area contributed by atoms with E-state index in [0.717, 1.165) is 17.3 Å². The molecule has 1 unspecified atom stereocenters. The number of nitrogens with one attached hydrogen (secondary N) is 1. The summed E-state index contributed by atoms with van der Waals surface area (Å²) in [6.07, 6.45) is 2.37. The van der Waals surface area contributed by atoms with Crippen molar-refractivity contribution >= 4 is 17.3 Å². The Morgan fingerprint density at radius 2 is 2.10 bits per heavy atom. The molecule has 1 atom stereocenters. The summed E-state index contributed by atoms with van der Waals surface area (Å²) in [5.74, 6) is -0.281. The van der Waals surface area contributed by atoms with Gasteiger partial charge in [-0.3, -0.25) is 19.6 Å². The standard InChI is InChI=1S/C14H16N4O3/c1-9-4-5-12(6-10(9)2)16-14(19)11(3)17-8-13(7-15-17)18(20)21/h4-8,11H,1-3H3,(H,16,19). The number of anilines is 1. The lowest BCUT2D eigenvalue weighted by Crippen LogP contribution is -2.24. The van der Waals surface area contributed by atoms with Crippen LogP contribution in [0.2, 0.25) is 0 Å². The highest BCUT2D eigenvalue weighted by Gasteiger charge is 2.19. The van der Waals surface area contributed by atoms with Crippen LogP contribution < -0.4 is 5.32 Å². The van der Waals surface area contributed by atoms with Crippen molar-refractivity contribution in [2.75, 3.05) is 5.32 Å². The number of carbonyl (C=O) groups is 1. The molecule has 1 aromatic heterocycles. The fraction of sp³-hybridized carbons (Fsp3) is 0.286. The first-order valence-electron chi connectivity index (χ1n) is 6.45. The lowest BCUT2D eigenvalue weighted by molar-refractivity contribution is -0.385. The second kappa shape index (κ2) is 5.74. The highest BCUT2D eigenvalue weighted by atomic mass is 16.6. The molecule has 0 radical (unpaired) electrons. The van der Waals surface area contributed by atoms with Crippen LogP contribution in [0.4, 0.5) is 11.4 Å². The lowest BCUT2D eigenvalue weighted by atomic mass is 10.1. The van der Waals surface area contributed by atoms with E-state index in [1.165, 1.54) is 10.9 Å². The van der Waals surface area contributed by atoms with E-state index in [9.17, 15) is 14.9 Å². The van der Waals surface area contributed by atoms with Crippen LogP contribution in [0, 0.1) is 24.0 Å². The van der Waals surface area contributed by atoms with Gasteiger partial charge in [0.15, 0.2) is 0 Å². The molecule has 0 saturated heterocycles. The summed E-state index contributed by atoms with van der Waals surface area (Å²) in [5, 5.41) is 17.2. The quantitative estimate of drug-likeness (QED) is 0.691. The third-order valence-corrected chi connectivity index (χ3v) is 3.35. The fourth-order valence-corrected chi connectivity index (χ4v) is 1.82. The van der Waals surface area contributed by atoms with E-state index in [2.05, 4.69) is 10.4 Å². The van der Waals surface area contributed by atoms with Gasteiger partial charge in [-0.15, -0.1) is 0 Å². The molecule has 1 heterocycles. The second-order valence-electron chi connectivity index (χ2n) is 4.90. The van der Waals surface area contributed by atoms with Gasteiger partial charge in [0.05, 0.1) is 4.92 Å². The number of rotatable bonds is 4. The average molecular weight is 288 g/mol. The van der Waals surface area contributed by atoms with Gasteiger partial charge in [-0.05, 0) is 44.0 Å². The van der Waals surface area contributed by atoms with Crippen LogP contribution in [0.3, 0.4) is 0 Å². The van der Waals surface area contributed by atoms with Crippen molar-refractivity contribution in [2.45, 2.75) is 26.8 Å². The Bertz CT molecular complexity index is 693. The molecule has 21 heavy (non-hydrogen) atoms. The van der Waals surface area contributed by atoms with Crippen molar-refractivity contribution in [1.82, 2.24) is 9.78 Å². The molecule has 0 saturated carbocycles. The van der Waals surface area contributed by atoms with Crippen LogP contribution in [0.5, 0.6) is 0 Å². The maximum atomic E-state index is 12.1. The van der Waals surface area contributed by atoms with E-state index >= 15 is 0 Å². The Balaban J connectivity index is 2.11. The molecule has 2 aromatic rings. The number of benzene rings is 1. The molecule has 0 aliphatic heterocycles. The second-order valence-corrected chi connectivity index (χ2v) is 4.90. The predicted octanol–water partition coefficient (Wildman–Crippen LogP) is 2.61. The Labute approximate surface area is 121 Å². The molecule has 7 nitrogen and oxygen atoms in total. The molecule has 0 spiro atoms. The van der Waals surface area contributed by atoms with Gasteiger partial charge < -0.3 is 5.32 Å². The fourth-order valence-electron chi connectivity index (χ4n) is 1.82. The van der Waals surface area contributed by atoms with E-state index < -0.39 is 11.0 Å². The van der Waals surface area contributed by atoms with Gasteiger partial charge in [0, 0.05) is 5.69 Å². The van der Waals surface area contributed by atoms with Gasteiger partial charge in [0.2, 0.25) is 5.91 Å². The smallest absolute Gasteiger partial charge is 0.307 e. The highest BCUT2D eigenvalue weighted by molar-refractivity contribution is 5.93. The van der Waals surface area contributed by atoms with E-state index in [1.54, 1.807) is 6.92 Å². The average Bonchev–Trinajstić information content (AvgIpc) is 2.92. The number of amides is 1. The molecule has 0 aliphatic carbocycles. The maximum absolute atomic E-state index is 12.1. The lowest BCUT2D eigenvalue weighted by Gasteiger charge is -2.13. The zero-order chi connectivity index (χ0) is 15.6. The summed E-state index contributed by atoms with van der Waals surface area (Å²) in [6.45, 7) is 5.59. The summed E-state index contributed by atoms with van der Waals surface area (Å²) in [5.41, 5.74) is 2.77. The first kappa shape index (κ1) is 14.7. The Kier molecular flexibility index (Phi) is 4.02. The largest absolute Gasteiger partial charge is 0.324 e. The summed E-state index contributed by atoms with van der Waals surface area (Å²) in [4.78, 5) is 22.2. The first-order chi connectivity index (χ1) is 9.88. The number of hydrogen-bond donors (Lipinski definition) is 1. The number of aromatic nitrogens is 2. The Hall–Kier alpha value is -2.70. The number of aryl methyl sites for hydroxylation is 2. The predicted molar refractivity (Wildman–Crippen MR) is 78.1 cm³/mol. The van der Waals surface area contributed by atoms with Crippen molar-refractivity contribution in [1.29, 1.82) is 0 Å². The van der Waals surface area contributed by atoms with E-state index in [1.807, 2.05) is 32.0 Å². The molecular weight excluding hydrogens is 272 g/mol. The van der Waals surface area contributed by atoms with Crippen LogP contribution >= 0.6 is 0 Å². The molecule has 2 rings (SSSR count). The molecular formula is C14H16N4O3. The van der Waals surface area contributed by atoms with Gasteiger partial charge in [-0.25, -0.2) is 0 Å². The van der Waals surface area contributed by atoms with Gasteiger partial charge in [-0.1, -0.05) is 6.07 Å². The monoisotopic (exact) mass is 288 g/mol. The molecule has 0 aliphatic rings. The van der Waals surface area contributed by atoms with Crippen molar-refractivity contribution in [2.24, 2.45) is 0 Å². The molecule has 0 bridgehead atoms. The zero-order valence-electron chi connectivity index (χ0n) is 12.0. The van der Waals surface area contributed by atoms with Gasteiger partial charge in [0.25, 0.3) is 0 Å². The SMILES string of the molecule is Cc1ccc(NC(=O)C(C)n2cc([N+](=O)[O-])cn2)cc1C. The number of hydrogen-bond acceptors (Lipinski definition) is 4. The third-order valence-electron chi connectivity index (χ3n) is 3.35. The van der Waals surface area contributed by atoms with Crippen molar-refractivity contribution in [3.8, 4) is 0 Å². The molecule has 1 N–H and O–H groups in total. The molecule has 7 heteroatoms. The van der Waals surface area contributed by atoms with E-state index in [4.69, 9.17) is 0 Å². The maximum Gasteiger partial charge on any atom is 0.307 e. The minimum atomic E-state index is -0.639. The molecule has 0 fully saturated rings. The van der Waals surface area contributed by atoms with Crippen LogP contribution in [0.1, 0.15) is 24.1 Å². The van der Waals surface area contributed by atoms with Crippen LogP contribution in [0.25, 0.3) is 0 Å². The summed E-state index contributed by atoms with van der Waals surface area (Å²) in [6, 6.07) is 4.98. The van der Waals surface area contributed by atoms with Crippen molar-refractivity contribution in [3.05, 3.63) is 51.8 Å².